The normalized spacial score (nSPS) is 14.7. The second kappa shape index (κ2) is 3.23. The van der Waals surface area contributed by atoms with Crippen LogP contribution in [0.25, 0.3) is 0 Å². The summed E-state index contributed by atoms with van der Waals surface area (Å²) in [5, 5.41) is 16.7. The van der Waals surface area contributed by atoms with Gasteiger partial charge in [0, 0.05) is 5.92 Å². The summed E-state index contributed by atoms with van der Waals surface area (Å²) < 4.78 is 0. The minimum atomic E-state index is 0.00822. The van der Waals surface area contributed by atoms with Gasteiger partial charge in [-0.3, -0.25) is 0 Å². The minimum Gasteiger partial charge on any atom is -0.396 e. The molecule has 0 saturated carbocycles. The molecule has 1 rings (SSSR count). The SMILES string of the molecule is CC(C)(C)[C@@H](CO)c1nnc[nH]1. The van der Waals surface area contributed by atoms with Crippen LogP contribution < -0.4 is 0 Å². The highest BCUT2D eigenvalue weighted by Gasteiger charge is 2.27. The highest BCUT2D eigenvalue weighted by atomic mass is 16.3. The van der Waals surface area contributed by atoms with E-state index in [-0.39, 0.29) is 17.9 Å². The number of aliphatic hydroxyl groups excluding tert-OH is 1. The quantitative estimate of drug-likeness (QED) is 0.692. The summed E-state index contributed by atoms with van der Waals surface area (Å²) in [6, 6.07) is 0. The molecule has 4 heteroatoms. The Morgan fingerprint density at radius 3 is 2.58 bits per heavy atom. The van der Waals surface area contributed by atoms with E-state index >= 15 is 0 Å². The van der Waals surface area contributed by atoms with Crippen LogP contribution in [0.3, 0.4) is 0 Å². The number of hydrogen-bond donors (Lipinski definition) is 2. The fourth-order valence-corrected chi connectivity index (χ4v) is 1.16. The van der Waals surface area contributed by atoms with Crippen molar-refractivity contribution in [3.63, 3.8) is 0 Å². The van der Waals surface area contributed by atoms with Gasteiger partial charge in [0.15, 0.2) is 0 Å². The molecule has 1 atom stereocenters. The molecule has 1 aromatic heterocycles. The highest BCUT2D eigenvalue weighted by Crippen LogP contribution is 2.31. The summed E-state index contributed by atoms with van der Waals surface area (Å²) >= 11 is 0. The molecule has 0 bridgehead atoms. The van der Waals surface area contributed by atoms with Crippen LogP contribution in [0.1, 0.15) is 32.5 Å². The van der Waals surface area contributed by atoms with Crippen molar-refractivity contribution < 1.29 is 5.11 Å². The maximum Gasteiger partial charge on any atom is 0.136 e. The van der Waals surface area contributed by atoms with E-state index in [0.717, 1.165) is 5.82 Å². The van der Waals surface area contributed by atoms with Gasteiger partial charge in [0.25, 0.3) is 0 Å². The molecule has 12 heavy (non-hydrogen) atoms. The molecule has 0 amide bonds. The van der Waals surface area contributed by atoms with Crippen molar-refractivity contribution in [2.45, 2.75) is 26.7 Å². The van der Waals surface area contributed by atoms with Gasteiger partial charge in [-0.1, -0.05) is 20.8 Å². The van der Waals surface area contributed by atoms with Gasteiger partial charge < -0.3 is 10.1 Å². The molecule has 68 valence electrons. The Morgan fingerprint density at radius 1 is 1.58 bits per heavy atom. The third-order valence-electron chi connectivity index (χ3n) is 1.99. The summed E-state index contributed by atoms with van der Waals surface area (Å²) in [5.41, 5.74) is 0.00822. The molecule has 4 nitrogen and oxygen atoms in total. The molecule has 1 aromatic rings. The Balaban J connectivity index is 2.84. The van der Waals surface area contributed by atoms with E-state index in [1.807, 2.05) is 0 Å². The second-order valence-electron chi connectivity index (χ2n) is 3.98. The largest absolute Gasteiger partial charge is 0.396 e. The minimum absolute atomic E-state index is 0.00822. The van der Waals surface area contributed by atoms with Gasteiger partial charge >= 0.3 is 0 Å². The van der Waals surface area contributed by atoms with E-state index in [1.54, 1.807) is 0 Å². The number of H-pyrrole nitrogens is 1. The van der Waals surface area contributed by atoms with E-state index in [4.69, 9.17) is 5.11 Å². The summed E-state index contributed by atoms with van der Waals surface area (Å²) in [4.78, 5) is 2.91. The summed E-state index contributed by atoms with van der Waals surface area (Å²) in [7, 11) is 0. The zero-order valence-electron chi connectivity index (χ0n) is 7.70. The standard InChI is InChI=1S/C8H15N3O/c1-8(2,3)6(4-12)7-9-5-10-11-7/h5-6,12H,4H2,1-3H3,(H,9,10,11)/t6-/m0/s1. The maximum absolute atomic E-state index is 9.15. The third-order valence-corrected chi connectivity index (χ3v) is 1.99. The van der Waals surface area contributed by atoms with Crippen LogP contribution in [-0.4, -0.2) is 26.9 Å². The number of aromatic nitrogens is 3. The molecule has 0 radical (unpaired) electrons. The van der Waals surface area contributed by atoms with Crippen molar-refractivity contribution in [1.82, 2.24) is 15.2 Å². The van der Waals surface area contributed by atoms with Crippen LogP contribution >= 0.6 is 0 Å². The molecule has 0 aromatic carbocycles. The molecule has 0 spiro atoms. The van der Waals surface area contributed by atoms with Crippen molar-refractivity contribution in [3.05, 3.63) is 12.2 Å². The van der Waals surface area contributed by atoms with Crippen molar-refractivity contribution >= 4 is 0 Å². The monoisotopic (exact) mass is 169 g/mol. The van der Waals surface area contributed by atoms with E-state index in [0.29, 0.717) is 0 Å². The molecular formula is C8H15N3O. The van der Waals surface area contributed by atoms with Crippen LogP contribution in [0, 0.1) is 5.41 Å². The second-order valence-corrected chi connectivity index (χ2v) is 3.98. The first-order valence-electron chi connectivity index (χ1n) is 4.02. The zero-order valence-corrected chi connectivity index (χ0v) is 7.70. The van der Waals surface area contributed by atoms with Crippen molar-refractivity contribution in [2.24, 2.45) is 5.41 Å². The molecule has 0 aliphatic rings. The van der Waals surface area contributed by atoms with Gasteiger partial charge in [-0.15, -0.1) is 10.2 Å². The van der Waals surface area contributed by atoms with E-state index in [2.05, 4.69) is 36.0 Å². The van der Waals surface area contributed by atoms with Crippen molar-refractivity contribution in [3.8, 4) is 0 Å². The molecule has 0 aliphatic heterocycles. The van der Waals surface area contributed by atoms with Crippen LogP contribution in [0.2, 0.25) is 0 Å². The Hall–Kier alpha value is -0.900. The van der Waals surface area contributed by atoms with Crippen LogP contribution in [0.4, 0.5) is 0 Å². The van der Waals surface area contributed by atoms with E-state index < -0.39 is 0 Å². The molecule has 0 aliphatic carbocycles. The lowest BCUT2D eigenvalue weighted by molar-refractivity contribution is 0.181. The maximum atomic E-state index is 9.15. The number of hydrogen-bond acceptors (Lipinski definition) is 3. The van der Waals surface area contributed by atoms with Crippen LogP contribution in [0.15, 0.2) is 6.33 Å². The number of aromatic amines is 1. The molecule has 0 unspecified atom stereocenters. The number of nitrogens with zero attached hydrogens (tertiary/aromatic N) is 2. The topological polar surface area (TPSA) is 61.8 Å². The Bertz CT molecular complexity index is 225. The first-order chi connectivity index (χ1) is 5.55. The number of nitrogens with one attached hydrogen (secondary N) is 1. The van der Waals surface area contributed by atoms with Gasteiger partial charge in [0.1, 0.15) is 12.2 Å². The molecule has 2 N–H and O–H groups in total. The van der Waals surface area contributed by atoms with E-state index in [9.17, 15) is 0 Å². The van der Waals surface area contributed by atoms with Gasteiger partial charge in [-0.25, -0.2) is 0 Å². The van der Waals surface area contributed by atoms with Gasteiger partial charge in [0.2, 0.25) is 0 Å². The summed E-state index contributed by atoms with van der Waals surface area (Å²) in [6.45, 7) is 6.29. The smallest absolute Gasteiger partial charge is 0.136 e. The lowest BCUT2D eigenvalue weighted by atomic mass is 9.81. The Morgan fingerprint density at radius 2 is 2.25 bits per heavy atom. The number of rotatable bonds is 2. The fourth-order valence-electron chi connectivity index (χ4n) is 1.16. The molecule has 1 heterocycles. The molecular weight excluding hydrogens is 154 g/mol. The van der Waals surface area contributed by atoms with E-state index in [1.165, 1.54) is 6.33 Å². The fraction of sp³-hybridized carbons (Fsp3) is 0.750. The average molecular weight is 169 g/mol. The molecule has 0 saturated heterocycles. The number of aliphatic hydroxyl groups is 1. The lowest BCUT2D eigenvalue weighted by Crippen LogP contribution is -2.22. The average Bonchev–Trinajstić information content (AvgIpc) is 2.38. The summed E-state index contributed by atoms with van der Waals surface area (Å²) in [6.07, 6.45) is 1.53. The highest BCUT2D eigenvalue weighted by molar-refractivity contribution is 4.98. The van der Waals surface area contributed by atoms with Crippen LogP contribution in [-0.2, 0) is 0 Å². The van der Waals surface area contributed by atoms with Gasteiger partial charge in [0.05, 0.1) is 6.61 Å². The first-order valence-corrected chi connectivity index (χ1v) is 4.02. The van der Waals surface area contributed by atoms with Crippen molar-refractivity contribution in [1.29, 1.82) is 0 Å². The predicted octanol–water partition coefficient (Wildman–Crippen LogP) is 0.927. The Labute approximate surface area is 72.0 Å². The van der Waals surface area contributed by atoms with Gasteiger partial charge in [-0.2, -0.15) is 0 Å². The summed E-state index contributed by atoms with van der Waals surface area (Å²) in [5.74, 6) is 0.782. The first kappa shape index (κ1) is 9.19. The zero-order chi connectivity index (χ0) is 9.19. The molecule has 0 fully saturated rings. The third kappa shape index (κ3) is 1.82. The van der Waals surface area contributed by atoms with Gasteiger partial charge in [-0.05, 0) is 5.41 Å². The Kier molecular flexibility index (Phi) is 2.47. The predicted molar refractivity (Wildman–Crippen MR) is 45.7 cm³/mol. The lowest BCUT2D eigenvalue weighted by Gasteiger charge is -2.26. The van der Waals surface area contributed by atoms with Crippen LogP contribution in [0.5, 0.6) is 0 Å². The van der Waals surface area contributed by atoms with Crippen molar-refractivity contribution in [2.75, 3.05) is 6.61 Å².